The van der Waals surface area contributed by atoms with E-state index in [-0.39, 0.29) is 0 Å². The quantitative estimate of drug-likeness (QED) is 0.741. The summed E-state index contributed by atoms with van der Waals surface area (Å²) in [5.41, 5.74) is 1.91. The SMILES string of the molecule is Clc1cccc(Cn2nnnc2-c2cccc(Cl)c2)c1. The van der Waals surface area contributed by atoms with Crippen molar-refractivity contribution < 1.29 is 0 Å². The van der Waals surface area contributed by atoms with Crippen LogP contribution in [0.4, 0.5) is 0 Å². The van der Waals surface area contributed by atoms with Gasteiger partial charge in [-0.15, -0.1) is 5.10 Å². The number of halogens is 2. The van der Waals surface area contributed by atoms with Gasteiger partial charge in [-0.2, -0.15) is 0 Å². The molecule has 3 rings (SSSR count). The van der Waals surface area contributed by atoms with E-state index in [2.05, 4.69) is 15.5 Å². The lowest BCUT2D eigenvalue weighted by Crippen LogP contribution is -2.04. The van der Waals surface area contributed by atoms with Gasteiger partial charge in [-0.25, -0.2) is 4.68 Å². The molecule has 0 radical (unpaired) electrons. The molecule has 0 atom stereocenters. The number of rotatable bonds is 3. The van der Waals surface area contributed by atoms with Crippen molar-refractivity contribution >= 4 is 23.2 Å². The molecular formula is C14H10Cl2N4. The molecule has 0 fully saturated rings. The van der Waals surface area contributed by atoms with Crippen LogP contribution in [0, 0.1) is 0 Å². The van der Waals surface area contributed by atoms with Crippen molar-refractivity contribution in [2.45, 2.75) is 6.54 Å². The van der Waals surface area contributed by atoms with E-state index >= 15 is 0 Å². The van der Waals surface area contributed by atoms with Gasteiger partial charge in [-0.1, -0.05) is 47.5 Å². The number of benzene rings is 2. The highest BCUT2D eigenvalue weighted by atomic mass is 35.5. The minimum absolute atomic E-state index is 0.551. The summed E-state index contributed by atoms with van der Waals surface area (Å²) < 4.78 is 1.72. The summed E-state index contributed by atoms with van der Waals surface area (Å²) in [6.07, 6.45) is 0. The van der Waals surface area contributed by atoms with Crippen LogP contribution in [0.3, 0.4) is 0 Å². The smallest absolute Gasteiger partial charge is 0.182 e. The van der Waals surface area contributed by atoms with Gasteiger partial charge in [0, 0.05) is 15.6 Å². The average molecular weight is 305 g/mol. The molecule has 0 unspecified atom stereocenters. The molecule has 4 nitrogen and oxygen atoms in total. The third-order valence-electron chi connectivity index (χ3n) is 2.84. The van der Waals surface area contributed by atoms with E-state index in [1.54, 1.807) is 4.68 Å². The lowest BCUT2D eigenvalue weighted by molar-refractivity contribution is 0.653. The molecule has 100 valence electrons. The molecule has 20 heavy (non-hydrogen) atoms. The second-order valence-electron chi connectivity index (χ2n) is 4.30. The first-order chi connectivity index (χ1) is 9.72. The van der Waals surface area contributed by atoms with E-state index in [9.17, 15) is 0 Å². The summed E-state index contributed by atoms with van der Waals surface area (Å²) in [6, 6.07) is 15.1. The number of hydrogen-bond acceptors (Lipinski definition) is 3. The molecule has 2 aromatic carbocycles. The van der Waals surface area contributed by atoms with Gasteiger partial charge in [-0.3, -0.25) is 0 Å². The Hall–Kier alpha value is -1.91. The van der Waals surface area contributed by atoms with Crippen molar-refractivity contribution in [3.63, 3.8) is 0 Å². The van der Waals surface area contributed by atoms with Crippen LogP contribution in [0.1, 0.15) is 5.56 Å². The predicted molar refractivity (Wildman–Crippen MR) is 78.8 cm³/mol. The maximum atomic E-state index is 6.00. The van der Waals surface area contributed by atoms with E-state index in [4.69, 9.17) is 23.2 Å². The van der Waals surface area contributed by atoms with Crippen LogP contribution < -0.4 is 0 Å². The predicted octanol–water partition coefficient (Wildman–Crippen LogP) is 3.70. The highest BCUT2D eigenvalue weighted by Gasteiger charge is 2.09. The molecule has 0 amide bonds. The van der Waals surface area contributed by atoms with Gasteiger partial charge >= 0.3 is 0 Å². The summed E-state index contributed by atoms with van der Waals surface area (Å²) in [5, 5.41) is 13.2. The van der Waals surface area contributed by atoms with Crippen molar-refractivity contribution in [1.29, 1.82) is 0 Å². The highest BCUT2D eigenvalue weighted by Crippen LogP contribution is 2.21. The van der Waals surface area contributed by atoms with E-state index in [1.807, 2.05) is 48.5 Å². The second-order valence-corrected chi connectivity index (χ2v) is 5.17. The van der Waals surface area contributed by atoms with E-state index in [1.165, 1.54) is 0 Å². The fraction of sp³-hybridized carbons (Fsp3) is 0.0714. The molecule has 0 spiro atoms. The zero-order valence-corrected chi connectivity index (χ0v) is 11.9. The molecule has 0 aliphatic rings. The fourth-order valence-corrected chi connectivity index (χ4v) is 2.36. The number of aromatic nitrogens is 4. The lowest BCUT2D eigenvalue weighted by Gasteiger charge is -2.05. The van der Waals surface area contributed by atoms with E-state index in [0.29, 0.717) is 22.4 Å². The van der Waals surface area contributed by atoms with Crippen LogP contribution in [-0.2, 0) is 6.54 Å². The summed E-state index contributed by atoms with van der Waals surface area (Å²) in [5.74, 6) is 0.674. The van der Waals surface area contributed by atoms with Crippen LogP contribution in [0.5, 0.6) is 0 Å². The molecule has 0 saturated heterocycles. The monoisotopic (exact) mass is 304 g/mol. The standard InChI is InChI=1S/C14H10Cl2N4/c15-12-5-1-3-10(7-12)9-20-14(17-18-19-20)11-4-2-6-13(16)8-11/h1-8H,9H2. The van der Waals surface area contributed by atoms with Gasteiger partial charge < -0.3 is 0 Å². The Morgan fingerprint density at radius 3 is 2.45 bits per heavy atom. The Labute approximate surface area is 126 Å². The van der Waals surface area contributed by atoms with E-state index in [0.717, 1.165) is 11.1 Å². The molecule has 1 heterocycles. The Bertz CT molecular complexity index is 739. The molecule has 0 bridgehead atoms. The third kappa shape index (κ3) is 2.81. The van der Waals surface area contributed by atoms with Crippen molar-refractivity contribution in [2.24, 2.45) is 0 Å². The maximum Gasteiger partial charge on any atom is 0.182 e. The molecule has 0 aliphatic heterocycles. The van der Waals surface area contributed by atoms with Crippen LogP contribution in [0.25, 0.3) is 11.4 Å². The van der Waals surface area contributed by atoms with Crippen molar-refractivity contribution in [3.05, 3.63) is 64.1 Å². The fourth-order valence-electron chi connectivity index (χ4n) is 1.95. The van der Waals surface area contributed by atoms with Crippen LogP contribution >= 0.6 is 23.2 Å². The minimum atomic E-state index is 0.551. The molecule has 0 saturated carbocycles. The molecule has 1 aromatic heterocycles. The zero-order chi connectivity index (χ0) is 13.9. The number of tetrazole rings is 1. The first-order valence-electron chi connectivity index (χ1n) is 5.99. The zero-order valence-electron chi connectivity index (χ0n) is 10.4. The molecule has 3 aromatic rings. The van der Waals surface area contributed by atoms with Gasteiger partial charge in [0.25, 0.3) is 0 Å². The average Bonchev–Trinajstić information content (AvgIpc) is 2.87. The summed E-state index contributed by atoms with van der Waals surface area (Å²) in [6.45, 7) is 0.551. The molecule has 6 heteroatoms. The Morgan fingerprint density at radius 2 is 1.70 bits per heavy atom. The Morgan fingerprint density at radius 1 is 0.950 bits per heavy atom. The number of nitrogens with zero attached hydrogens (tertiary/aromatic N) is 4. The summed E-state index contributed by atoms with van der Waals surface area (Å²) in [7, 11) is 0. The first kappa shape index (κ1) is 13.1. The highest BCUT2D eigenvalue weighted by molar-refractivity contribution is 6.31. The number of hydrogen-bond donors (Lipinski definition) is 0. The Kier molecular flexibility index (Phi) is 3.67. The normalized spacial score (nSPS) is 10.7. The van der Waals surface area contributed by atoms with Crippen LogP contribution in [0.2, 0.25) is 10.0 Å². The second kappa shape index (κ2) is 5.61. The minimum Gasteiger partial charge on any atom is -0.221 e. The van der Waals surface area contributed by atoms with Crippen molar-refractivity contribution in [2.75, 3.05) is 0 Å². The molecule has 0 N–H and O–H groups in total. The van der Waals surface area contributed by atoms with Crippen molar-refractivity contribution in [3.8, 4) is 11.4 Å². The van der Waals surface area contributed by atoms with E-state index < -0.39 is 0 Å². The molecular weight excluding hydrogens is 295 g/mol. The van der Waals surface area contributed by atoms with Crippen LogP contribution in [-0.4, -0.2) is 20.2 Å². The lowest BCUT2D eigenvalue weighted by atomic mass is 10.2. The largest absolute Gasteiger partial charge is 0.221 e. The van der Waals surface area contributed by atoms with Gasteiger partial charge in [0.1, 0.15) is 0 Å². The third-order valence-corrected chi connectivity index (χ3v) is 3.31. The van der Waals surface area contributed by atoms with Gasteiger partial charge in [-0.05, 0) is 40.3 Å². The summed E-state index contributed by atoms with van der Waals surface area (Å²) >= 11 is 12.0. The summed E-state index contributed by atoms with van der Waals surface area (Å²) in [4.78, 5) is 0. The van der Waals surface area contributed by atoms with Crippen LogP contribution in [0.15, 0.2) is 48.5 Å². The Balaban J connectivity index is 1.94. The van der Waals surface area contributed by atoms with Gasteiger partial charge in [0.2, 0.25) is 0 Å². The maximum absolute atomic E-state index is 6.00. The van der Waals surface area contributed by atoms with Gasteiger partial charge in [0.05, 0.1) is 6.54 Å². The van der Waals surface area contributed by atoms with Gasteiger partial charge in [0.15, 0.2) is 5.82 Å². The topological polar surface area (TPSA) is 43.6 Å². The van der Waals surface area contributed by atoms with Crippen molar-refractivity contribution in [1.82, 2.24) is 20.2 Å². The molecule has 0 aliphatic carbocycles. The first-order valence-corrected chi connectivity index (χ1v) is 6.74.